The summed E-state index contributed by atoms with van der Waals surface area (Å²) < 4.78 is 0. The molecular weight excluding hydrogens is 268 g/mol. The first kappa shape index (κ1) is 12.9. The summed E-state index contributed by atoms with van der Waals surface area (Å²) >= 11 is 7.48. The molecule has 1 aromatic carbocycles. The lowest BCUT2D eigenvalue weighted by atomic mass is 10.3. The SMILES string of the molecule is CN(Cc1ccsc1)C(=O)Nc1cccc(Cl)c1. The highest BCUT2D eigenvalue weighted by atomic mass is 35.5. The van der Waals surface area contributed by atoms with Crippen LogP contribution in [0, 0.1) is 0 Å². The number of halogens is 1. The summed E-state index contributed by atoms with van der Waals surface area (Å²) in [6.07, 6.45) is 0. The van der Waals surface area contributed by atoms with E-state index in [0.717, 1.165) is 5.56 Å². The Kier molecular flexibility index (Phi) is 4.23. The number of hydrogen-bond acceptors (Lipinski definition) is 2. The quantitative estimate of drug-likeness (QED) is 0.903. The number of rotatable bonds is 3. The molecule has 1 heterocycles. The molecule has 2 aromatic rings. The Morgan fingerprint density at radius 1 is 1.44 bits per heavy atom. The van der Waals surface area contributed by atoms with Crippen molar-refractivity contribution in [1.82, 2.24) is 4.90 Å². The van der Waals surface area contributed by atoms with Crippen molar-refractivity contribution in [2.24, 2.45) is 0 Å². The largest absolute Gasteiger partial charge is 0.323 e. The van der Waals surface area contributed by atoms with Crippen molar-refractivity contribution < 1.29 is 4.79 Å². The molecule has 2 rings (SSSR count). The molecule has 0 unspecified atom stereocenters. The van der Waals surface area contributed by atoms with E-state index < -0.39 is 0 Å². The molecule has 3 nitrogen and oxygen atoms in total. The second-order valence-corrected chi connectivity index (χ2v) is 5.14. The minimum atomic E-state index is -0.150. The predicted molar refractivity (Wildman–Crippen MR) is 76.3 cm³/mol. The van der Waals surface area contributed by atoms with Crippen LogP contribution < -0.4 is 5.32 Å². The molecule has 0 aliphatic heterocycles. The van der Waals surface area contributed by atoms with Gasteiger partial charge in [-0.05, 0) is 40.6 Å². The molecule has 0 spiro atoms. The Morgan fingerprint density at radius 2 is 2.28 bits per heavy atom. The lowest BCUT2D eigenvalue weighted by molar-refractivity contribution is 0.221. The predicted octanol–water partition coefficient (Wildman–Crippen LogP) is 4.07. The number of hydrogen-bond donors (Lipinski definition) is 1. The number of urea groups is 1. The lowest BCUT2D eigenvalue weighted by Crippen LogP contribution is -2.30. The van der Waals surface area contributed by atoms with Crippen LogP contribution in [0.15, 0.2) is 41.1 Å². The molecule has 0 atom stereocenters. The highest BCUT2D eigenvalue weighted by Crippen LogP contribution is 2.16. The van der Waals surface area contributed by atoms with Crippen LogP contribution in [-0.4, -0.2) is 18.0 Å². The van der Waals surface area contributed by atoms with Gasteiger partial charge in [-0.15, -0.1) is 0 Å². The molecule has 0 aliphatic carbocycles. The van der Waals surface area contributed by atoms with Crippen LogP contribution in [0.25, 0.3) is 0 Å². The molecule has 0 fully saturated rings. The summed E-state index contributed by atoms with van der Waals surface area (Å²) in [5, 5.41) is 7.43. The van der Waals surface area contributed by atoms with Gasteiger partial charge >= 0.3 is 6.03 Å². The number of carbonyl (C=O) groups is 1. The van der Waals surface area contributed by atoms with Gasteiger partial charge in [0.15, 0.2) is 0 Å². The van der Waals surface area contributed by atoms with E-state index in [4.69, 9.17) is 11.6 Å². The summed E-state index contributed by atoms with van der Waals surface area (Å²) in [6.45, 7) is 0.593. The van der Waals surface area contributed by atoms with E-state index >= 15 is 0 Å². The molecule has 0 saturated carbocycles. The third-order valence-corrected chi connectivity index (χ3v) is 3.39. The first-order chi connectivity index (χ1) is 8.65. The zero-order valence-electron chi connectivity index (χ0n) is 9.89. The van der Waals surface area contributed by atoms with Crippen LogP contribution >= 0.6 is 22.9 Å². The number of amides is 2. The minimum Gasteiger partial charge on any atom is -0.323 e. The zero-order valence-corrected chi connectivity index (χ0v) is 11.5. The van der Waals surface area contributed by atoms with Crippen molar-refractivity contribution in [3.63, 3.8) is 0 Å². The van der Waals surface area contributed by atoms with Crippen LogP contribution in [0.1, 0.15) is 5.56 Å². The van der Waals surface area contributed by atoms with Crippen LogP contribution in [0.3, 0.4) is 0 Å². The normalized spacial score (nSPS) is 10.1. The number of benzene rings is 1. The first-order valence-electron chi connectivity index (χ1n) is 5.44. The van der Waals surface area contributed by atoms with Gasteiger partial charge < -0.3 is 10.2 Å². The summed E-state index contributed by atoms with van der Waals surface area (Å²) in [5.74, 6) is 0. The molecule has 0 radical (unpaired) electrons. The van der Waals surface area contributed by atoms with Crippen LogP contribution in [0.4, 0.5) is 10.5 Å². The van der Waals surface area contributed by atoms with E-state index in [9.17, 15) is 4.79 Å². The van der Waals surface area contributed by atoms with Crippen molar-refractivity contribution in [1.29, 1.82) is 0 Å². The smallest absolute Gasteiger partial charge is 0.321 e. The van der Waals surface area contributed by atoms with Crippen molar-refractivity contribution in [2.45, 2.75) is 6.54 Å². The van der Waals surface area contributed by atoms with Crippen LogP contribution in [0.5, 0.6) is 0 Å². The molecule has 2 amide bonds. The average Bonchev–Trinajstić information content (AvgIpc) is 2.81. The maximum Gasteiger partial charge on any atom is 0.321 e. The average molecular weight is 281 g/mol. The summed E-state index contributed by atoms with van der Waals surface area (Å²) in [4.78, 5) is 13.6. The van der Waals surface area contributed by atoms with E-state index in [1.807, 2.05) is 22.9 Å². The molecule has 1 N–H and O–H groups in total. The van der Waals surface area contributed by atoms with Gasteiger partial charge in [-0.2, -0.15) is 11.3 Å². The Balaban J connectivity index is 1.95. The third-order valence-electron chi connectivity index (χ3n) is 2.42. The van der Waals surface area contributed by atoms with Crippen molar-refractivity contribution in [3.05, 3.63) is 51.7 Å². The number of thiophene rings is 1. The van der Waals surface area contributed by atoms with Gasteiger partial charge in [-0.3, -0.25) is 0 Å². The van der Waals surface area contributed by atoms with Crippen LogP contribution in [-0.2, 0) is 6.54 Å². The second-order valence-electron chi connectivity index (χ2n) is 3.93. The molecule has 1 aromatic heterocycles. The fourth-order valence-corrected chi connectivity index (χ4v) is 2.36. The third kappa shape index (κ3) is 3.48. The number of nitrogens with zero attached hydrogens (tertiary/aromatic N) is 1. The Hall–Kier alpha value is -1.52. The maximum absolute atomic E-state index is 11.9. The summed E-state index contributed by atoms with van der Waals surface area (Å²) in [7, 11) is 1.76. The van der Waals surface area contributed by atoms with Crippen molar-refractivity contribution >= 4 is 34.7 Å². The minimum absolute atomic E-state index is 0.150. The number of nitrogens with one attached hydrogen (secondary N) is 1. The fourth-order valence-electron chi connectivity index (χ4n) is 1.51. The van der Waals surface area contributed by atoms with Gasteiger partial charge in [0.05, 0.1) is 0 Å². The highest BCUT2D eigenvalue weighted by Gasteiger charge is 2.09. The van der Waals surface area contributed by atoms with E-state index in [2.05, 4.69) is 5.32 Å². The Labute approximate surface area is 115 Å². The summed E-state index contributed by atoms with van der Waals surface area (Å²) in [6, 6.07) is 8.96. The van der Waals surface area contributed by atoms with Gasteiger partial charge in [0.25, 0.3) is 0 Å². The van der Waals surface area contributed by atoms with Gasteiger partial charge in [-0.25, -0.2) is 4.79 Å². The Morgan fingerprint density at radius 3 is 2.94 bits per heavy atom. The van der Waals surface area contributed by atoms with E-state index in [1.54, 1.807) is 41.5 Å². The number of anilines is 1. The topological polar surface area (TPSA) is 32.3 Å². The van der Waals surface area contributed by atoms with Crippen molar-refractivity contribution in [2.75, 3.05) is 12.4 Å². The lowest BCUT2D eigenvalue weighted by Gasteiger charge is -2.17. The van der Waals surface area contributed by atoms with Crippen LogP contribution in [0.2, 0.25) is 5.02 Å². The molecule has 0 aliphatic rings. The van der Waals surface area contributed by atoms with E-state index in [0.29, 0.717) is 17.3 Å². The summed E-state index contributed by atoms with van der Waals surface area (Å²) in [5.41, 5.74) is 1.83. The molecule has 94 valence electrons. The van der Waals surface area contributed by atoms with E-state index in [1.165, 1.54) is 0 Å². The molecule has 18 heavy (non-hydrogen) atoms. The van der Waals surface area contributed by atoms with Gasteiger partial charge in [0.1, 0.15) is 0 Å². The highest BCUT2D eigenvalue weighted by molar-refractivity contribution is 7.07. The van der Waals surface area contributed by atoms with Crippen molar-refractivity contribution in [3.8, 4) is 0 Å². The molecule has 5 heteroatoms. The molecular formula is C13H13ClN2OS. The van der Waals surface area contributed by atoms with Gasteiger partial charge in [-0.1, -0.05) is 17.7 Å². The molecule has 0 bridgehead atoms. The number of carbonyl (C=O) groups excluding carboxylic acids is 1. The second kappa shape index (κ2) is 5.89. The van der Waals surface area contributed by atoms with E-state index in [-0.39, 0.29) is 6.03 Å². The zero-order chi connectivity index (χ0) is 13.0. The maximum atomic E-state index is 11.9. The standard InChI is InChI=1S/C13H13ClN2OS/c1-16(8-10-5-6-18-9-10)13(17)15-12-4-2-3-11(14)7-12/h2-7,9H,8H2,1H3,(H,15,17). The monoisotopic (exact) mass is 280 g/mol. The van der Waals surface area contributed by atoms with Gasteiger partial charge in [0, 0.05) is 24.3 Å². The first-order valence-corrected chi connectivity index (χ1v) is 6.76. The van der Waals surface area contributed by atoms with Gasteiger partial charge in [0.2, 0.25) is 0 Å². The molecule has 0 saturated heterocycles. The fraction of sp³-hybridized carbons (Fsp3) is 0.154. The Bertz CT molecular complexity index is 528.